The van der Waals surface area contributed by atoms with E-state index in [1.807, 2.05) is 49.4 Å². The topological polar surface area (TPSA) is 71.4 Å². The van der Waals surface area contributed by atoms with Gasteiger partial charge in [0.25, 0.3) is 0 Å². The zero-order valence-corrected chi connectivity index (χ0v) is 24.9. The van der Waals surface area contributed by atoms with Crippen LogP contribution in [0.4, 0.5) is 11.4 Å². The van der Waals surface area contributed by atoms with Crippen molar-refractivity contribution in [3.8, 4) is 5.69 Å². The molecule has 2 aromatic carbocycles. The number of thiocarbonyl (C=S) groups is 1. The molecule has 2 aromatic heterocycles. The molecule has 7 nitrogen and oxygen atoms in total. The molecule has 0 unspecified atom stereocenters. The van der Waals surface area contributed by atoms with Crippen LogP contribution in [0.15, 0.2) is 66.9 Å². The predicted octanol–water partition coefficient (Wildman–Crippen LogP) is 6.87. The number of pyridine rings is 1. The number of benzene rings is 2. The summed E-state index contributed by atoms with van der Waals surface area (Å²) in [5, 5.41) is 7.94. The minimum atomic E-state index is -0.285. The van der Waals surface area contributed by atoms with E-state index in [4.69, 9.17) is 40.2 Å². The Hall–Kier alpha value is -3.43. The molecule has 0 radical (unpaired) electrons. The zero-order chi connectivity index (χ0) is 28.6. The van der Waals surface area contributed by atoms with E-state index in [1.165, 1.54) is 7.11 Å². The Balaban J connectivity index is 1.63. The maximum atomic E-state index is 12.1. The lowest BCUT2D eigenvalue weighted by atomic mass is 9.96. The van der Waals surface area contributed by atoms with E-state index in [-0.39, 0.29) is 24.6 Å². The molecule has 206 valence electrons. The summed E-state index contributed by atoms with van der Waals surface area (Å²) in [4.78, 5) is 18.8. The fraction of sp³-hybridized carbons (Fsp3) is 0.233. The van der Waals surface area contributed by atoms with Crippen molar-refractivity contribution in [2.45, 2.75) is 32.9 Å². The number of hydrogen-bond donors (Lipinski definition) is 2. The molecule has 1 aliphatic heterocycles. The van der Waals surface area contributed by atoms with Crippen molar-refractivity contribution in [2.24, 2.45) is 0 Å². The van der Waals surface area contributed by atoms with Crippen LogP contribution in [0, 0.1) is 20.8 Å². The van der Waals surface area contributed by atoms with Gasteiger partial charge in [0, 0.05) is 41.1 Å². The van der Waals surface area contributed by atoms with Crippen LogP contribution in [0.25, 0.3) is 5.69 Å². The van der Waals surface area contributed by atoms with Gasteiger partial charge in [0.2, 0.25) is 5.91 Å². The summed E-state index contributed by atoms with van der Waals surface area (Å²) >= 11 is 19.1. The second-order valence-corrected chi connectivity index (χ2v) is 10.9. The van der Waals surface area contributed by atoms with Gasteiger partial charge < -0.3 is 24.8 Å². The van der Waals surface area contributed by atoms with Crippen LogP contribution in [0.5, 0.6) is 0 Å². The number of amides is 1. The van der Waals surface area contributed by atoms with Crippen molar-refractivity contribution in [3.05, 3.63) is 105 Å². The largest absolute Gasteiger partial charge is 0.375 e. The van der Waals surface area contributed by atoms with Gasteiger partial charge in [-0.25, -0.2) is 0 Å². The minimum Gasteiger partial charge on any atom is -0.375 e. The summed E-state index contributed by atoms with van der Waals surface area (Å²) in [6, 6.07) is 19.0. The lowest BCUT2D eigenvalue weighted by Gasteiger charge is -2.28. The van der Waals surface area contributed by atoms with Crippen LogP contribution < -0.4 is 15.5 Å². The predicted molar refractivity (Wildman–Crippen MR) is 165 cm³/mol. The van der Waals surface area contributed by atoms with E-state index in [1.54, 1.807) is 12.3 Å². The van der Waals surface area contributed by atoms with E-state index in [0.29, 0.717) is 15.8 Å². The molecule has 0 saturated carbocycles. The molecule has 1 fully saturated rings. The third kappa shape index (κ3) is 5.20. The summed E-state index contributed by atoms with van der Waals surface area (Å²) < 4.78 is 7.15. The summed E-state index contributed by atoms with van der Waals surface area (Å²) in [6.07, 6.45) is 1.78. The molecule has 4 aromatic rings. The number of nitrogens with zero attached hydrogens (tertiary/aromatic N) is 3. The Morgan fingerprint density at radius 2 is 1.88 bits per heavy atom. The normalized spacial score (nSPS) is 16.8. The van der Waals surface area contributed by atoms with Crippen molar-refractivity contribution < 1.29 is 9.53 Å². The average Bonchev–Trinajstić information content (AvgIpc) is 3.42. The van der Waals surface area contributed by atoms with Crippen LogP contribution in [0.1, 0.15) is 40.3 Å². The Morgan fingerprint density at radius 1 is 1.07 bits per heavy atom. The molecule has 2 N–H and O–H groups in total. The first-order chi connectivity index (χ1) is 19.2. The number of carbonyl (C=O) groups excluding carboxylic acids is 1. The maximum Gasteiger partial charge on any atom is 0.250 e. The van der Waals surface area contributed by atoms with Crippen LogP contribution >= 0.6 is 35.4 Å². The van der Waals surface area contributed by atoms with Gasteiger partial charge in [-0.3, -0.25) is 9.78 Å². The van der Waals surface area contributed by atoms with Gasteiger partial charge in [-0.1, -0.05) is 35.3 Å². The average molecular weight is 595 g/mol. The number of rotatable bonds is 7. The molecule has 3 heterocycles. The number of nitrogens with one attached hydrogen (secondary N) is 2. The molecule has 1 aliphatic rings. The van der Waals surface area contributed by atoms with Gasteiger partial charge >= 0.3 is 0 Å². The van der Waals surface area contributed by atoms with Gasteiger partial charge in [0.05, 0.1) is 28.5 Å². The summed E-state index contributed by atoms with van der Waals surface area (Å²) in [6.45, 7) is 6.17. The highest BCUT2D eigenvalue weighted by molar-refractivity contribution is 7.80. The minimum absolute atomic E-state index is 0.0617. The molecular weight excluding hydrogens is 565 g/mol. The molecule has 5 rings (SSSR count). The van der Waals surface area contributed by atoms with Crippen LogP contribution in [0.3, 0.4) is 0 Å². The third-order valence-corrected chi connectivity index (χ3v) is 8.18. The smallest absolute Gasteiger partial charge is 0.250 e. The zero-order valence-electron chi connectivity index (χ0n) is 22.5. The summed E-state index contributed by atoms with van der Waals surface area (Å²) in [5.41, 5.74) is 7.43. The van der Waals surface area contributed by atoms with E-state index in [9.17, 15) is 4.79 Å². The van der Waals surface area contributed by atoms with Crippen LogP contribution in [-0.4, -0.2) is 34.3 Å². The van der Waals surface area contributed by atoms with Crippen molar-refractivity contribution in [3.63, 3.8) is 0 Å². The number of methoxy groups -OCH3 is 1. The molecule has 2 atom stereocenters. The van der Waals surface area contributed by atoms with Crippen LogP contribution in [-0.2, 0) is 9.53 Å². The van der Waals surface area contributed by atoms with Gasteiger partial charge in [-0.05, 0) is 92.6 Å². The van der Waals surface area contributed by atoms with Crippen molar-refractivity contribution in [2.75, 3.05) is 23.9 Å². The highest BCUT2D eigenvalue weighted by Crippen LogP contribution is 2.45. The summed E-state index contributed by atoms with van der Waals surface area (Å²) in [5.74, 6) is -0.285. The molecular formula is C30H29Cl2N5O2S. The van der Waals surface area contributed by atoms with E-state index in [0.717, 1.165) is 44.6 Å². The molecule has 40 heavy (non-hydrogen) atoms. The first kappa shape index (κ1) is 28.1. The molecule has 0 aliphatic carbocycles. The number of anilines is 2. The SMILES string of the molecule is COCC(=O)Nc1ccc(N2C(=S)N[C@H](c3ccccn3)[C@H]2c2cc(C)n(-c3cccc(Cl)c3C)c2C)cc1Cl. The highest BCUT2D eigenvalue weighted by atomic mass is 35.5. The number of hydrogen-bond acceptors (Lipinski definition) is 4. The Kier molecular flexibility index (Phi) is 8.14. The first-order valence-corrected chi connectivity index (χ1v) is 13.9. The number of ether oxygens (including phenoxy) is 1. The van der Waals surface area contributed by atoms with E-state index < -0.39 is 0 Å². The summed E-state index contributed by atoms with van der Waals surface area (Å²) in [7, 11) is 1.47. The Morgan fingerprint density at radius 3 is 2.58 bits per heavy atom. The number of aryl methyl sites for hydroxylation is 1. The fourth-order valence-corrected chi connectivity index (χ4v) is 6.06. The lowest BCUT2D eigenvalue weighted by molar-refractivity contribution is -0.119. The monoisotopic (exact) mass is 593 g/mol. The maximum absolute atomic E-state index is 12.1. The number of aromatic nitrogens is 2. The molecule has 10 heteroatoms. The number of carbonyl (C=O) groups is 1. The fourth-order valence-electron chi connectivity index (χ4n) is 5.32. The molecule has 1 saturated heterocycles. The second kappa shape index (κ2) is 11.6. The number of halogens is 2. The van der Waals surface area contributed by atoms with Crippen molar-refractivity contribution in [1.82, 2.24) is 14.9 Å². The van der Waals surface area contributed by atoms with Crippen molar-refractivity contribution >= 4 is 57.8 Å². The van der Waals surface area contributed by atoms with Gasteiger partial charge in [-0.15, -0.1) is 0 Å². The Labute approximate surface area is 249 Å². The quantitative estimate of drug-likeness (QED) is 0.228. The van der Waals surface area contributed by atoms with Gasteiger partial charge in [-0.2, -0.15) is 0 Å². The molecule has 1 amide bonds. The third-order valence-electron chi connectivity index (χ3n) is 7.15. The van der Waals surface area contributed by atoms with E-state index >= 15 is 0 Å². The van der Waals surface area contributed by atoms with Crippen molar-refractivity contribution in [1.29, 1.82) is 0 Å². The lowest BCUT2D eigenvalue weighted by Crippen LogP contribution is -2.29. The van der Waals surface area contributed by atoms with Gasteiger partial charge in [0.15, 0.2) is 5.11 Å². The standard InChI is InChI=1S/C30H29Cl2N5O2S/c1-17-14-21(19(3)36(17)26-10-7-8-22(31)18(26)2)29-28(25-9-5-6-13-33-25)35-30(40)37(29)20-11-12-24(23(32)15-20)34-27(38)16-39-4/h5-15,28-29H,16H2,1-4H3,(H,34,38)(H,35,40)/t28-,29-/m1/s1. The van der Waals surface area contributed by atoms with E-state index in [2.05, 4.69) is 51.1 Å². The Bertz CT molecular complexity index is 1590. The van der Waals surface area contributed by atoms with Crippen LogP contribution in [0.2, 0.25) is 10.0 Å². The molecule has 0 bridgehead atoms. The highest BCUT2D eigenvalue weighted by Gasteiger charge is 2.42. The first-order valence-electron chi connectivity index (χ1n) is 12.7. The van der Waals surface area contributed by atoms with Gasteiger partial charge in [0.1, 0.15) is 6.61 Å². The molecule has 0 spiro atoms. The second-order valence-electron chi connectivity index (χ2n) is 9.69.